The van der Waals surface area contributed by atoms with Gasteiger partial charge in [0.2, 0.25) is 5.90 Å². The highest BCUT2D eigenvalue weighted by Crippen LogP contribution is 2.38. The standard InChI is InChI=1S/C25H17BrClFN2O6/c1-2-34-22-11-15(9-19(26)23(22)35-13-14-4-3-5-16(28)8-14)10-21-25(31)36-24(29-21)18-12-17(30(32)33)6-7-20(18)27/h3-12H,2,13H2,1H3/b21-10-. The molecule has 8 nitrogen and oxygen atoms in total. The normalized spacial score (nSPS) is 13.9. The van der Waals surface area contributed by atoms with Gasteiger partial charge in [0.05, 0.1) is 26.6 Å². The maximum atomic E-state index is 13.5. The molecule has 0 aliphatic carbocycles. The Balaban J connectivity index is 1.64. The summed E-state index contributed by atoms with van der Waals surface area (Å²) in [4.78, 5) is 27.2. The minimum atomic E-state index is -0.743. The molecule has 184 valence electrons. The molecule has 1 aliphatic heterocycles. The van der Waals surface area contributed by atoms with Gasteiger partial charge in [-0.25, -0.2) is 14.2 Å². The Bertz CT molecular complexity index is 1430. The maximum absolute atomic E-state index is 13.5. The summed E-state index contributed by atoms with van der Waals surface area (Å²) in [6.45, 7) is 2.27. The van der Waals surface area contributed by atoms with E-state index in [1.807, 2.05) is 6.92 Å². The van der Waals surface area contributed by atoms with E-state index in [-0.39, 0.29) is 40.3 Å². The molecule has 3 aromatic rings. The van der Waals surface area contributed by atoms with Gasteiger partial charge in [0.25, 0.3) is 5.69 Å². The van der Waals surface area contributed by atoms with E-state index in [4.69, 9.17) is 25.8 Å². The van der Waals surface area contributed by atoms with Gasteiger partial charge in [0.15, 0.2) is 17.2 Å². The van der Waals surface area contributed by atoms with Crippen molar-refractivity contribution in [1.29, 1.82) is 0 Å². The van der Waals surface area contributed by atoms with Gasteiger partial charge in [-0.2, -0.15) is 0 Å². The van der Waals surface area contributed by atoms with Crippen molar-refractivity contribution in [3.63, 3.8) is 0 Å². The molecule has 0 spiro atoms. The van der Waals surface area contributed by atoms with Crippen LogP contribution in [0, 0.1) is 15.9 Å². The van der Waals surface area contributed by atoms with Crippen molar-refractivity contribution in [2.75, 3.05) is 6.61 Å². The highest BCUT2D eigenvalue weighted by atomic mass is 79.9. The molecule has 0 saturated carbocycles. The van der Waals surface area contributed by atoms with Crippen LogP contribution in [0.25, 0.3) is 6.08 Å². The van der Waals surface area contributed by atoms with Gasteiger partial charge < -0.3 is 14.2 Å². The number of benzene rings is 3. The number of nitro benzene ring substituents is 1. The number of halogens is 3. The second-order valence-electron chi connectivity index (χ2n) is 7.44. The van der Waals surface area contributed by atoms with E-state index in [0.29, 0.717) is 33.7 Å². The van der Waals surface area contributed by atoms with E-state index >= 15 is 0 Å². The fourth-order valence-corrected chi connectivity index (χ4v) is 4.10. The lowest BCUT2D eigenvalue weighted by atomic mass is 10.1. The summed E-state index contributed by atoms with van der Waals surface area (Å²) in [7, 11) is 0. The molecule has 0 saturated heterocycles. The fraction of sp³-hybridized carbons (Fsp3) is 0.120. The molecule has 4 rings (SSSR count). The van der Waals surface area contributed by atoms with Crippen LogP contribution in [0.3, 0.4) is 0 Å². The van der Waals surface area contributed by atoms with Gasteiger partial charge in [-0.15, -0.1) is 0 Å². The Kier molecular flexibility index (Phi) is 7.66. The van der Waals surface area contributed by atoms with Crippen molar-refractivity contribution >= 4 is 51.2 Å². The lowest BCUT2D eigenvalue weighted by molar-refractivity contribution is -0.384. The predicted molar refractivity (Wildman–Crippen MR) is 135 cm³/mol. The fourth-order valence-electron chi connectivity index (χ4n) is 3.33. The van der Waals surface area contributed by atoms with Crippen molar-refractivity contribution in [2.24, 2.45) is 4.99 Å². The lowest BCUT2D eigenvalue weighted by Crippen LogP contribution is -2.06. The zero-order valence-corrected chi connectivity index (χ0v) is 21.0. The average Bonchev–Trinajstić information content (AvgIpc) is 3.18. The molecule has 0 atom stereocenters. The molecule has 0 N–H and O–H groups in total. The number of carbonyl (C=O) groups is 1. The molecule has 1 heterocycles. The number of hydrogen-bond donors (Lipinski definition) is 0. The van der Waals surface area contributed by atoms with Crippen LogP contribution in [0.1, 0.15) is 23.6 Å². The number of cyclic esters (lactones) is 1. The highest BCUT2D eigenvalue weighted by molar-refractivity contribution is 9.10. The summed E-state index contributed by atoms with van der Waals surface area (Å²) >= 11 is 9.60. The minimum Gasteiger partial charge on any atom is -0.490 e. The first-order chi connectivity index (χ1) is 17.2. The summed E-state index contributed by atoms with van der Waals surface area (Å²) in [5, 5.41) is 11.2. The first kappa shape index (κ1) is 25.3. The molecular weight excluding hydrogens is 559 g/mol. The molecule has 0 aromatic heterocycles. The summed E-state index contributed by atoms with van der Waals surface area (Å²) < 4.78 is 30.8. The van der Waals surface area contributed by atoms with Crippen molar-refractivity contribution in [1.82, 2.24) is 0 Å². The van der Waals surface area contributed by atoms with E-state index in [1.165, 1.54) is 36.4 Å². The quantitative estimate of drug-likeness (QED) is 0.132. The van der Waals surface area contributed by atoms with Crippen LogP contribution >= 0.6 is 27.5 Å². The monoisotopic (exact) mass is 574 g/mol. The van der Waals surface area contributed by atoms with Crippen LogP contribution in [0.4, 0.5) is 10.1 Å². The zero-order valence-electron chi connectivity index (χ0n) is 18.7. The summed E-state index contributed by atoms with van der Waals surface area (Å²) in [6.07, 6.45) is 1.48. The van der Waals surface area contributed by atoms with E-state index < -0.39 is 10.9 Å². The molecule has 0 radical (unpaired) electrons. The van der Waals surface area contributed by atoms with Crippen molar-refractivity contribution in [3.05, 3.63) is 102 Å². The van der Waals surface area contributed by atoms with Gasteiger partial charge in [0, 0.05) is 12.1 Å². The van der Waals surface area contributed by atoms with E-state index in [1.54, 1.807) is 24.3 Å². The molecule has 0 fully saturated rings. The van der Waals surface area contributed by atoms with Gasteiger partial charge >= 0.3 is 5.97 Å². The summed E-state index contributed by atoms with van der Waals surface area (Å²) in [5.74, 6) is -0.443. The Morgan fingerprint density at radius 2 is 2.00 bits per heavy atom. The average molecular weight is 576 g/mol. The maximum Gasteiger partial charge on any atom is 0.363 e. The topological polar surface area (TPSA) is 100 Å². The Hall–Kier alpha value is -3.76. The SMILES string of the molecule is CCOc1cc(/C=C2\N=C(c3cc([N+](=O)[O-])ccc3Cl)OC2=O)cc(Br)c1OCc1cccc(F)c1. The molecule has 11 heteroatoms. The molecule has 0 amide bonds. The second-order valence-corrected chi connectivity index (χ2v) is 8.70. The number of rotatable bonds is 8. The number of carbonyl (C=O) groups excluding carboxylic acids is 1. The van der Waals surface area contributed by atoms with Crippen molar-refractivity contribution in [2.45, 2.75) is 13.5 Å². The van der Waals surface area contributed by atoms with E-state index in [0.717, 1.165) is 0 Å². The molecule has 0 unspecified atom stereocenters. The molecular formula is C25H17BrClFN2O6. The highest BCUT2D eigenvalue weighted by Gasteiger charge is 2.27. The largest absolute Gasteiger partial charge is 0.490 e. The number of nitro groups is 1. The van der Waals surface area contributed by atoms with Gasteiger partial charge in [-0.3, -0.25) is 10.1 Å². The summed E-state index contributed by atoms with van der Waals surface area (Å²) in [5.41, 5.74) is 1.07. The Morgan fingerprint density at radius 3 is 2.72 bits per heavy atom. The molecule has 3 aromatic carbocycles. The zero-order chi connectivity index (χ0) is 25.8. The van der Waals surface area contributed by atoms with Gasteiger partial charge in [-0.05, 0) is 70.4 Å². The van der Waals surface area contributed by atoms with Crippen LogP contribution < -0.4 is 9.47 Å². The van der Waals surface area contributed by atoms with E-state index in [9.17, 15) is 19.3 Å². The third-order valence-electron chi connectivity index (χ3n) is 4.92. The number of aliphatic imine (C=N–C) groups is 1. The molecule has 36 heavy (non-hydrogen) atoms. The van der Waals surface area contributed by atoms with Crippen LogP contribution in [-0.2, 0) is 16.1 Å². The molecule has 0 bridgehead atoms. The van der Waals surface area contributed by atoms with Crippen LogP contribution in [-0.4, -0.2) is 23.4 Å². The second kappa shape index (κ2) is 10.9. The van der Waals surface area contributed by atoms with Crippen molar-refractivity contribution < 1.29 is 28.3 Å². The van der Waals surface area contributed by atoms with Crippen LogP contribution in [0.5, 0.6) is 11.5 Å². The lowest BCUT2D eigenvalue weighted by Gasteiger charge is -2.15. The van der Waals surface area contributed by atoms with Crippen molar-refractivity contribution in [3.8, 4) is 11.5 Å². The predicted octanol–water partition coefficient (Wildman–Crippen LogP) is 6.47. The third kappa shape index (κ3) is 5.72. The minimum absolute atomic E-state index is 0.0321. The number of ether oxygens (including phenoxy) is 3. The van der Waals surface area contributed by atoms with Gasteiger partial charge in [-0.1, -0.05) is 23.7 Å². The first-order valence-corrected chi connectivity index (χ1v) is 11.7. The smallest absolute Gasteiger partial charge is 0.363 e. The molecule has 1 aliphatic rings. The Morgan fingerprint density at radius 1 is 1.19 bits per heavy atom. The number of hydrogen-bond acceptors (Lipinski definition) is 7. The third-order valence-corrected chi connectivity index (χ3v) is 5.84. The summed E-state index contributed by atoms with van der Waals surface area (Å²) in [6, 6.07) is 13.2. The van der Waals surface area contributed by atoms with Crippen LogP contribution in [0.15, 0.2) is 69.8 Å². The Labute approximate surface area is 218 Å². The van der Waals surface area contributed by atoms with Gasteiger partial charge in [0.1, 0.15) is 12.4 Å². The van der Waals surface area contributed by atoms with Crippen LogP contribution in [0.2, 0.25) is 5.02 Å². The number of esters is 1. The first-order valence-electron chi connectivity index (χ1n) is 10.6. The van der Waals surface area contributed by atoms with E-state index in [2.05, 4.69) is 20.9 Å². The number of non-ortho nitro benzene ring substituents is 1. The number of nitrogens with zero attached hydrogens (tertiary/aromatic N) is 2.